The van der Waals surface area contributed by atoms with Crippen LogP contribution in [0.3, 0.4) is 0 Å². The number of alkyl halides is 3. The Hall–Kier alpha value is -2.71. The van der Waals surface area contributed by atoms with Gasteiger partial charge in [-0.05, 0) is 43.5 Å². The molecule has 0 spiro atoms. The lowest BCUT2D eigenvalue weighted by Gasteiger charge is -2.25. The van der Waals surface area contributed by atoms with E-state index in [0.29, 0.717) is 18.8 Å². The molecule has 1 aliphatic heterocycles. The minimum Gasteiger partial charge on any atom is -0.484 e. The number of rotatable bonds is 5. The second-order valence-corrected chi connectivity index (χ2v) is 5.79. The highest BCUT2D eigenvalue weighted by Gasteiger charge is 2.31. The first kappa shape index (κ1) is 18.1. The normalized spacial score (nSPS) is 15.0. The third-order valence-electron chi connectivity index (χ3n) is 3.83. The molecule has 6 nitrogen and oxygen atoms in total. The van der Waals surface area contributed by atoms with Crippen molar-refractivity contribution < 1.29 is 31.9 Å². The molecule has 9 heteroatoms. The Morgan fingerprint density at radius 1 is 1.12 bits per heavy atom. The van der Waals surface area contributed by atoms with Crippen molar-refractivity contribution in [2.45, 2.75) is 32.2 Å². The van der Waals surface area contributed by atoms with Crippen molar-refractivity contribution in [2.24, 2.45) is 0 Å². The summed E-state index contributed by atoms with van der Waals surface area (Å²) >= 11 is 0. The molecule has 0 N–H and O–H groups in total. The van der Waals surface area contributed by atoms with Gasteiger partial charge in [0.1, 0.15) is 17.8 Å². The van der Waals surface area contributed by atoms with Crippen molar-refractivity contribution in [3.05, 3.63) is 42.1 Å². The fraction of sp³-hybridized carbons (Fsp3) is 0.412. The van der Waals surface area contributed by atoms with Gasteiger partial charge < -0.3 is 18.8 Å². The fourth-order valence-electron chi connectivity index (χ4n) is 2.62. The van der Waals surface area contributed by atoms with Crippen molar-refractivity contribution in [2.75, 3.05) is 13.1 Å². The van der Waals surface area contributed by atoms with Gasteiger partial charge in [-0.15, -0.1) is 13.2 Å². The van der Waals surface area contributed by atoms with Crippen LogP contribution in [-0.2, 0) is 6.61 Å². The Balaban J connectivity index is 1.53. The highest BCUT2D eigenvalue weighted by molar-refractivity contribution is 5.92. The molecular formula is C17H17F3N2O4. The number of hydrogen-bond acceptors (Lipinski definition) is 5. The van der Waals surface area contributed by atoms with Crippen molar-refractivity contribution in [3.63, 3.8) is 0 Å². The standard InChI is InChI=1S/C17H17F3N2O4/c18-17(19,20)26-13-6-4-12(5-7-13)24-11-15-21-14(10-25-15)16(23)22-8-2-1-3-9-22/h4-7,10H,1-3,8-9,11H2. The molecule has 2 heterocycles. The number of aromatic nitrogens is 1. The maximum atomic E-state index is 12.3. The van der Waals surface area contributed by atoms with E-state index < -0.39 is 6.36 Å². The molecule has 0 unspecified atom stereocenters. The van der Waals surface area contributed by atoms with Gasteiger partial charge in [0.2, 0.25) is 5.89 Å². The molecule has 0 saturated carbocycles. The predicted octanol–water partition coefficient (Wildman–Crippen LogP) is 3.78. The van der Waals surface area contributed by atoms with Gasteiger partial charge in [0.25, 0.3) is 5.91 Å². The number of carbonyl (C=O) groups excluding carboxylic acids is 1. The van der Waals surface area contributed by atoms with Crippen molar-refractivity contribution in [1.82, 2.24) is 9.88 Å². The summed E-state index contributed by atoms with van der Waals surface area (Å²) in [7, 11) is 0. The summed E-state index contributed by atoms with van der Waals surface area (Å²) in [6, 6.07) is 4.96. The smallest absolute Gasteiger partial charge is 0.484 e. The molecule has 0 radical (unpaired) electrons. The Labute approximate surface area is 147 Å². The van der Waals surface area contributed by atoms with Gasteiger partial charge in [-0.3, -0.25) is 4.79 Å². The summed E-state index contributed by atoms with van der Waals surface area (Å²) in [4.78, 5) is 18.1. The van der Waals surface area contributed by atoms with Crippen LogP contribution >= 0.6 is 0 Å². The van der Waals surface area contributed by atoms with Crippen LogP contribution < -0.4 is 9.47 Å². The summed E-state index contributed by atoms with van der Waals surface area (Å²) in [5.41, 5.74) is 0.222. The lowest BCUT2D eigenvalue weighted by atomic mass is 10.1. The number of nitrogens with zero attached hydrogens (tertiary/aromatic N) is 2. The second-order valence-electron chi connectivity index (χ2n) is 5.79. The summed E-state index contributed by atoms with van der Waals surface area (Å²) in [6.45, 7) is 1.38. The maximum absolute atomic E-state index is 12.3. The number of halogens is 3. The van der Waals surface area contributed by atoms with Crippen LogP contribution in [0.2, 0.25) is 0 Å². The zero-order chi connectivity index (χ0) is 18.6. The van der Waals surface area contributed by atoms with Crippen LogP contribution in [0, 0.1) is 0 Å². The number of ether oxygens (including phenoxy) is 2. The highest BCUT2D eigenvalue weighted by Crippen LogP contribution is 2.25. The molecule has 26 heavy (non-hydrogen) atoms. The number of likely N-dealkylation sites (tertiary alicyclic amines) is 1. The van der Waals surface area contributed by atoms with E-state index in [2.05, 4.69) is 9.72 Å². The predicted molar refractivity (Wildman–Crippen MR) is 83.7 cm³/mol. The van der Waals surface area contributed by atoms with Gasteiger partial charge in [-0.2, -0.15) is 0 Å². The average molecular weight is 370 g/mol. The molecule has 3 rings (SSSR count). The van der Waals surface area contributed by atoms with Crippen molar-refractivity contribution in [1.29, 1.82) is 0 Å². The fourth-order valence-corrected chi connectivity index (χ4v) is 2.62. The molecule has 140 valence electrons. The molecule has 0 atom stereocenters. The highest BCUT2D eigenvalue weighted by atomic mass is 19.4. The van der Waals surface area contributed by atoms with Gasteiger partial charge in [-0.1, -0.05) is 0 Å². The first-order chi connectivity index (χ1) is 12.4. The number of carbonyl (C=O) groups is 1. The average Bonchev–Trinajstić information content (AvgIpc) is 3.09. The lowest BCUT2D eigenvalue weighted by molar-refractivity contribution is -0.274. The quantitative estimate of drug-likeness (QED) is 0.802. The van der Waals surface area contributed by atoms with E-state index in [1.807, 2.05) is 0 Å². The molecule has 2 aromatic rings. The van der Waals surface area contributed by atoms with Gasteiger partial charge in [0.05, 0.1) is 0 Å². The molecule has 1 amide bonds. The Morgan fingerprint density at radius 3 is 2.42 bits per heavy atom. The molecule has 1 saturated heterocycles. The molecule has 0 bridgehead atoms. The molecule has 0 aliphatic carbocycles. The van der Waals surface area contributed by atoms with Gasteiger partial charge in [0.15, 0.2) is 12.3 Å². The largest absolute Gasteiger partial charge is 0.573 e. The van der Waals surface area contributed by atoms with E-state index in [0.717, 1.165) is 31.4 Å². The van der Waals surface area contributed by atoms with E-state index in [-0.39, 0.29) is 29.8 Å². The van der Waals surface area contributed by atoms with Crippen LogP contribution in [0.4, 0.5) is 13.2 Å². The van der Waals surface area contributed by atoms with Gasteiger partial charge in [-0.25, -0.2) is 4.98 Å². The minimum atomic E-state index is -4.74. The Morgan fingerprint density at radius 2 is 1.77 bits per heavy atom. The summed E-state index contributed by atoms with van der Waals surface area (Å²) in [5.74, 6) is 0.0198. The molecule has 1 aromatic carbocycles. The molecule has 1 fully saturated rings. The molecular weight excluding hydrogens is 353 g/mol. The second kappa shape index (κ2) is 7.67. The third-order valence-corrected chi connectivity index (χ3v) is 3.83. The molecule has 1 aromatic heterocycles. The van der Waals surface area contributed by atoms with Crippen LogP contribution in [0.15, 0.2) is 34.9 Å². The van der Waals surface area contributed by atoms with E-state index in [4.69, 9.17) is 9.15 Å². The minimum absolute atomic E-state index is 0.0489. The van der Waals surface area contributed by atoms with E-state index in [9.17, 15) is 18.0 Å². The number of amides is 1. The maximum Gasteiger partial charge on any atom is 0.573 e. The number of hydrogen-bond donors (Lipinski definition) is 0. The van der Waals surface area contributed by atoms with Gasteiger partial charge >= 0.3 is 6.36 Å². The Bertz CT molecular complexity index is 737. The SMILES string of the molecule is O=C(c1coc(COc2ccc(OC(F)(F)F)cc2)n1)N1CCCCC1. The first-order valence-electron chi connectivity index (χ1n) is 8.13. The summed E-state index contributed by atoms with van der Waals surface area (Å²) in [6.07, 6.45) is -0.372. The number of oxazole rings is 1. The number of piperidine rings is 1. The summed E-state index contributed by atoms with van der Waals surface area (Å²) < 4.78 is 50.7. The zero-order valence-electron chi connectivity index (χ0n) is 13.8. The van der Waals surface area contributed by atoms with Gasteiger partial charge in [0, 0.05) is 13.1 Å². The van der Waals surface area contributed by atoms with Crippen LogP contribution in [0.1, 0.15) is 35.6 Å². The van der Waals surface area contributed by atoms with E-state index >= 15 is 0 Å². The lowest BCUT2D eigenvalue weighted by Crippen LogP contribution is -2.35. The van der Waals surface area contributed by atoms with Crippen LogP contribution in [0.25, 0.3) is 0 Å². The van der Waals surface area contributed by atoms with E-state index in [1.54, 1.807) is 4.90 Å². The summed E-state index contributed by atoms with van der Waals surface area (Å²) in [5, 5.41) is 0. The third kappa shape index (κ3) is 4.90. The van der Waals surface area contributed by atoms with Crippen molar-refractivity contribution in [3.8, 4) is 11.5 Å². The first-order valence-corrected chi connectivity index (χ1v) is 8.13. The molecule has 1 aliphatic rings. The Kier molecular flexibility index (Phi) is 5.34. The topological polar surface area (TPSA) is 64.8 Å². The van der Waals surface area contributed by atoms with Crippen molar-refractivity contribution >= 4 is 5.91 Å². The van der Waals surface area contributed by atoms with E-state index in [1.165, 1.54) is 18.4 Å². The van der Waals surface area contributed by atoms with Crippen LogP contribution in [-0.4, -0.2) is 35.2 Å². The van der Waals surface area contributed by atoms with Crippen LogP contribution in [0.5, 0.6) is 11.5 Å². The monoisotopic (exact) mass is 370 g/mol. The number of benzene rings is 1. The zero-order valence-corrected chi connectivity index (χ0v) is 13.8.